The molecule has 0 atom stereocenters. The van der Waals surface area contributed by atoms with Gasteiger partial charge in [-0.25, -0.2) is 0 Å². The average molecular weight is 264 g/mol. The summed E-state index contributed by atoms with van der Waals surface area (Å²) in [4.78, 5) is 11.6. The minimum atomic E-state index is -0.0897. The van der Waals surface area contributed by atoms with Gasteiger partial charge in [-0.1, -0.05) is 12.1 Å². The van der Waals surface area contributed by atoms with Crippen LogP contribution in [0.3, 0.4) is 0 Å². The molecule has 4 heteroatoms. The number of hydrogen-bond donors (Lipinski definition) is 2. The van der Waals surface area contributed by atoms with Gasteiger partial charge in [0.1, 0.15) is 5.75 Å². The van der Waals surface area contributed by atoms with E-state index in [1.807, 2.05) is 34.7 Å². The summed E-state index contributed by atoms with van der Waals surface area (Å²) in [6, 6.07) is 4.30. The maximum atomic E-state index is 11.6. The molecule has 1 rings (SSSR count). The van der Waals surface area contributed by atoms with E-state index in [2.05, 4.69) is 22.8 Å². The quantitative estimate of drug-likeness (QED) is 0.825. The Morgan fingerprint density at radius 1 is 1.26 bits per heavy atom. The number of carbonyl (C=O) groups excluding carboxylic acids is 1. The van der Waals surface area contributed by atoms with Crippen molar-refractivity contribution in [2.24, 2.45) is 0 Å². The van der Waals surface area contributed by atoms with E-state index in [1.165, 1.54) is 5.56 Å². The molecule has 1 amide bonds. The molecule has 0 aliphatic rings. The summed E-state index contributed by atoms with van der Waals surface area (Å²) in [5.74, 6) is 0.715. The summed E-state index contributed by atoms with van der Waals surface area (Å²) >= 11 is 0. The van der Waals surface area contributed by atoms with Crippen molar-refractivity contribution in [2.75, 3.05) is 13.7 Å². The molecule has 0 spiro atoms. The molecule has 1 aromatic carbocycles. The first kappa shape index (κ1) is 15.5. The molecular weight excluding hydrogens is 240 g/mol. The second kappa shape index (κ2) is 7.14. The van der Waals surface area contributed by atoms with Gasteiger partial charge in [0.2, 0.25) is 0 Å². The molecule has 0 fully saturated rings. The zero-order valence-corrected chi connectivity index (χ0v) is 12.5. The summed E-state index contributed by atoms with van der Waals surface area (Å²) in [6.45, 7) is 8.76. The van der Waals surface area contributed by atoms with E-state index in [4.69, 9.17) is 4.74 Å². The molecular formula is C15H24N2O2. The van der Waals surface area contributed by atoms with Gasteiger partial charge in [0.25, 0.3) is 5.91 Å². The molecule has 0 radical (unpaired) electrons. The summed E-state index contributed by atoms with van der Waals surface area (Å²) in [5, 5.41) is 5.93. The van der Waals surface area contributed by atoms with E-state index >= 15 is 0 Å². The van der Waals surface area contributed by atoms with Crippen LogP contribution in [0.1, 0.15) is 30.5 Å². The van der Waals surface area contributed by atoms with Crippen LogP contribution < -0.4 is 15.4 Å². The Balaban J connectivity index is 2.71. The van der Waals surface area contributed by atoms with Crippen molar-refractivity contribution in [3.63, 3.8) is 0 Å². The van der Waals surface area contributed by atoms with Crippen molar-refractivity contribution in [3.8, 4) is 5.75 Å². The summed E-state index contributed by atoms with van der Waals surface area (Å²) < 4.78 is 5.63. The lowest BCUT2D eigenvalue weighted by molar-refractivity contribution is -0.123. The van der Waals surface area contributed by atoms with Gasteiger partial charge in [-0.05, 0) is 51.4 Å². The molecule has 1 aromatic rings. The standard InChI is InChI=1S/C15H24N2O2/c1-10(2)17-14(18)9-19-15-11(3)6-13(8-16-5)7-12(15)4/h6-7,10,16H,8-9H2,1-5H3,(H,17,18). The van der Waals surface area contributed by atoms with E-state index in [0.717, 1.165) is 23.4 Å². The minimum Gasteiger partial charge on any atom is -0.483 e. The smallest absolute Gasteiger partial charge is 0.258 e. The van der Waals surface area contributed by atoms with Crippen LogP contribution >= 0.6 is 0 Å². The first-order chi connectivity index (χ1) is 8.93. The third kappa shape index (κ3) is 4.91. The van der Waals surface area contributed by atoms with Crippen LogP contribution in [-0.4, -0.2) is 25.6 Å². The van der Waals surface area contributed by atoms with Gasteiger partial charge >= 0.3 is 0 Å². The third-order valence-corrected chi connectivity index (χ3v) is 2.70. The average Bonchev–Trinajstić information content (AvgIpc) is 2.27. The van der Waals surface area contributed by atoms with Crippen molar-refractivity contribution in [2.45, 2.75) is 40.3 Å². The summed E-state index contributed by atoms with van der Waals surface area (Å²) in [6.07, 6.45) is 0. The lowest BCUT2D eigenvalue weighted by atomic mass is 10.1. The lowest BCUT2D eigenvalue weighted by Gasteiger charge is -2.15. The van der Waals surface area contributed by atoms with Crippen LogP contribution in [-0.2, 0) is 11.3 Å². The van der Waals surface area contributed by atoms with E-state index < -0.39 is 0 Å². The highest BCUT2D eigenvalue weighted by molar-refractivity contribution is 5.77. The number of benzene rings is 1. The number of rotatable bonds is 6. The van der Waals surface area contributed by atoms with Gasteiger partial charge in [-0.3, -0.25) is 4.79 Å². The number of carbonyl (C=O) groups is 1. The van der Waals surface area contributed by atoms with Gasteiger partial charge in [-0.15, -0.1) is 0 Å². The Kier molecular flexibility index (Phi) is 5.83. The second-order valence-electron chi connectivity index (χ2n) is 5.10. The lowest BCUT2D eigenvalue weighted by Crippen LogP contribution is -2.34. The molecule has 0 aromatic heterocycles. The predicted molar refractivity (Wildman–Crippen MR) is 77.5 cm³/mol. The van der Waals surface area contributed by atoms with E-state index in [-0.39, 0.29) is 18.6 Å². The first-order valence-corrected chi connectivity index (χ1v) is 6.61. The summed E-state index contributed by atoms with van der Waals surface area (Å²) in [7, 11) is 1.92. The predicted octanol–water partition coefficient (Wildman–Crippen LogP) is 1.93. The van der Waals surface area contributed by atoms with Gasteiger partial charge in [0.05, 0.1) is 0 Å². The van der Waals surface area contributed by atoms with Crippen molar-refractivity contribution >= 4 is 5.91 Å². The molecule has 0 saturated heterocycles. The largest absolute Gasteiger partial charge is 0.483 e. The molecule has 0 unspecified atom stereocenters. The zero-order chi connectivity index (χ0) is 14.4. The van der Waals surface area contributed by atoms with Crippen LogP contribution in [0.2, 0.25) is 0 Å². The maximum Gasteiger partial charge on any atom is 0.258 e. The van der Waals surface area contributed by atoms with E-state index in [9.17, 15) is 4.79 Å². The SMILES string of the molecule is CNCc1cc(C)c(OCC(=O)NC(C)C)c(C)c1. The fourth-order valence-corrected chi connectivity index (χ4v) is 2.08. The van der Waals surface area contributed by atoms with Gasteiger partial charge < -0.3 is 15.4 Å². The van der Waals surface area contributed by atoms with E-state index in [1.54, 1.807) is 0 Å². The third-order valence-electron chi connectivity index (χ3n) is 2.70. The van der Waals surface area contributed by atoms with Crippen molar-refractivity contribution in [3.05, 3.63) is 28.8 Å². The number of ether oxygens (including phenoxy) is 1. The Morgan fingerprint density at radius 2 is 1.84 bits per heavy atom. The Morgan fingerprint density at radius 3 is 2.32 bits per heavy atom. The molecule has 0 bridgehead atoms. The highest BCUT2D eigenvalue weighted by Crippen LogP contribution is 2.24. The Bertz CT molecular complexity index is 419. The highest BCUT2D eigenvalue weighted by Gasteiger charge is 2.09. The van der Waals surface area contributed by atoms with Crippen molar-refractivity contribution in [1.29, 1.82) is 0 Å². The van der Waals surface area contributed by atoms with Crippen LogP contribution in [0.25, 0.3) is 0 Å². The molecule has 4 nitrogen and oxygen atoms in total. The highest BCUT2D eigenvalue weighted by atomic mass is 16.5. The molecule has 0 heterocycles. The van der Waals surface area contributed by atoms with E-state index in [0.29, 0.717) is 0 Å². The normalized spacial score (nSPS) is 10.6. The fourth-order valence-electron chi connectivity index (χ4n) is 2.08. The van der Waals surface area contributed by atoms with Crippen molar-refractivity contribution < 1.29 is 9.53 Å². The van der Waals surface area contributed by atoms with Crippen molar-refractivity contribution in [1.82, 2.24) is 10.6 Å². The molecule has 0 aliphatic heterocycles. The van der Waals surface area contributed by atoms with Crippen LogP contribution in [0, 0.1) is 13.8 Å². The number of hydrogen-bond acceptors (Lipinski definition) is 3. The zero-order valence-electron chi connectivity index (χ0n) is 12.5. The molecule has 2 N–H and O–H groups in total. The second-order valence-corrected chi connectivity index (χ2v) is 5.10. The Hall–Kier alpha value is -1.55. The Labute approximate surface area is 115 Å². The van der Waals surface area contributed by atoms with Gasteiger partial charge in [0, 0.05) is 12.6 Å². The number of aryl methyl sites for hydroxylation is 2. The van der Waals surface area contributed by atoms with Crippen LogP contribution in [0.5, 0.6) is 5.75 Å². The minimum absolute atomic E-state index is 0.0607. The van der Waals surface area contributed by atoms with Crippen LogP contribution in [0.4, 0.5) is 0 Å². The molecule has 19 heavy (non-hydrogen) atoms. The van der Waals surface area contributed by atoms with Gasteiger partial charge in [-0.2, -0.15) is 0 Å². The first-order valence-electron chi connectivity index (χ1n) is 6.61. The maximum absolute atomic E-state index is 11.6. The molecule has 106 valence electrons. The molecule has 0 aliphatic carbocycles. The topological polar surface area (TPSA) is 50.4 Å². The van der Waals surface area contributed by atoms with Gasteiger partial charge in [0.15, 0.2) is 6.61 Å². The number of amides is 1. The summed E-state index contributed by atoms with van der Waals surface area (Å²) in [5.41, 5.74) is 3.33. The molecule has 0 saturated carbocycles. The van der Waals surface area contributed by atoms with Crippen LogP contribution in [0.15, 0.2) is 12.1 Å². The number of nitrogens with one attached hydrogen (secondary N) is 2. The monoisotopic (exact) mass is 264 g/mol. The fraction of sp³-hybridized carbons (Fsp3) is 0.533.